The molecule has 0 saturated heterocycles. The number of aromatic carboxylic acids is 1. The van der Waals surface area contributed by atoms with Gasteiger partial charge >= 0.3 is 5.97 Å². The van der Waals surface area contributed by atoms with E-state index in [1.54, 1.807) is 49.7 Å². The fourth-order valence-corrected chi connectivity index (χ4v) is 4.77. The number of ether oxygens (including phenoxy) is 2. The second-order valence-electron chi connectivity index (χ2n) is 10.2. The summed E-state index contributed by atoms with van der Waals surface area (Å²) < 4.78 is 13.0. The molecule has 5 rings (SSSR count). The average molecular weight is 562 g/mol. The van der Waals surface area contributed by atoms with Crippen LogP contribution in [0.5, 0.6) is 11.5 Å². The zero-order valence-electron chi connectivity index (χ0n) is 23.9. The number of hydrogen-bond donors (Lipinski definition) is 1. The predicted molar refractivity (Wildman–Crippen MR) is 164 cm³/mol. The van der Waals surface area contributed by atoms with E-state index < -0.39 is 5.97 Å². The third-order valence-corrected chi connectivity index (χ3v) is 6.99. The summed E-state index contributed by atoms with van der Waals surface area (Å²) in [7, 11) is 1.65. The molecule has 0 radical (unpaired) electrons. The zero-order chi connectivity index (χ0) is 29.8. The van der Waals surface area contributed by atoms with E-state index in [9.17, 15) is 14.7 Å². The van der Waals surface area contributed by atoms with Gasteiger partial charge in [-0.25, -0.2) is 9.78 Å². The lowest BCUT2D eigenvalue weighted by Crippen LogP contribution is -2.21. The topological polar surface area (TPSA) is 103 Å². The second-order valence-corrected chi connectivity index (χ2v) is 10.2. The summed E-state index contributed by atoms with van der Waals surface area (Å²) in [5, 5.41) is 14.4. The fourth-order valence-electron chi connectivity index (χ4n) is 4.77. The SMILES string of the molecule is COc1cc(C)c(-c2nc3ccccc3c(=O)n2N=Cc2ccccc2OCc2cccc(C(=O)O)c2)cc1C(C)C. The number of hydrogen-bond acceptors (Lipinski definition) is 6. The summed E-state index contributed by atoms with van der Waals surface area (Å²) in [5.74, 6) is 0.921. The van der Waals surface area contributed by atoms with Gasteiger partial charge in [-0.2, -0.15) is 9.78 Å². The third kappa shape index (κ3) is 5.78. The van der Waals surface area contributed by atoms with E-state index in [1.807, 2.05) is 49.4 Å². The van der Waals surface area contributed by atoms with Crippen LogP contribution in [0.25, 0.3) is 22.3 Å². The van der Waals surface area contributed by atoms with Gasteiger partial charge < -0.3 is 14.6 Å². The summed E-state index contributed by atoms with van der Waals surface area (Å²) in [6, 6.07) is 25.1. The van der Waals surface area contributed by atoms with E-state index in [0.717, 1.165) is 28.0 Å². The smallest absolute Gasteiger partial charge is 0.335 e. The monoisotopic (exact) mass is 561 g/mol. The van der Waals surface area contributed by atoms with Crippen molar-refractivity contribution in [1.82, 2.24) is 9.66 Å². The van der Waals surface area contributed by atoms with Crippen LogP contribution < -0.4 is 15.0 Å². The van der Waals surface area contributed by atoms with Crippen LogP contribution in [0.4, 0.5) is 0 Å². The van der Waals surface area contributed by atoms with E-state index >= 15 is 0 Å². The Morgan fingerprint density at radius 3 is 2.52 bits per heavy atom. The number of carbonyl (C=O) groups is 1. The zero-order valence-corrected chi connectivity index (χ0v) is 23.9. The van der Waals surface area contributed by atoms with Crippen LogP contribution in [0, 0.1) is 6.92 Å². The maximum atomic E-state index is 13.8. The lowest BCUT2D eigenvalue weighted by Gasteiger charge is -2.17. The Morgan fingerprint density at radius 2 is 1.76 bits per heavy atom. The molecule has 212 valence electrons. The molecule has 8 nitrogen and oxygen atoms in total. The summed E-state index contributed by atoms with van der Waals surface area (Å²) in [4.78, 5) is 30.0. The molecular weight excluding hydrogens is 530 g/mol. The van der Waals surface area contributed by atoms with Gasteiger partial charge in [0.15, 0.2) is 5.82 Å². The van der Waals surface area contributed by atoms with E-state index in [1.165, 1.54) is 10.7 Å². The molecule has 0 saturated carbocycles. The van der Waals surface area contributed by atoms with Gasteiger partial charge in [0.1, 0.15) is 18.1 Å². The Bertz CT molecular complexity index is 1870. The minimum absolute atomic E-state index is 0.164. The van der Waals surface area contributed by atoms with Gasteiger partial charge in [0, 0.05) is 11.1 Å². The molecule has 4 aromatic carbocycles. The lowest BCUT2D eigenvalue weighted by molar-refractivity contribution is 0.0696. The molecule has 0 bridgehead atoms. The molecule has 0 aliphatic carbocycles. The lowest BCUT2D eigenvalue weighted by atomic mass is 9.96. The highest BCUT2D eigenvalue weighted by Gasteiger charge is 2.18. The first-order valence-electron chi connectivity index (χ1n) is 13.6. The van der Waals surface area contributed by atoms with E-state index in [4.69, 9.17) is 14.5 Å². The van der Waals surface area contributed by atoms with Gasteiger partial charge in [0.05, 0.1) is 29.8 Å². The van der Waals surface area contributed by atoms with Gasteiger partial charge in [-0.15, -0.1) is 0 Å². The molecule has 0 aliphatic rings. The number of nitrogens with zero attached hydrogens (tertiary/aromatic N) is 3. The van der Waals surface area contributed by atoms with Crippen molar-refractivity contribution < 1.29 is 19.4 Å². The van der Waals surface area contributed by atoms with Gasteiger partial charge in [-0.1, -0.05) is 50.2 Å². The number of carboxylic acids is 1. The van der Waals surface area contributed by atoms with Crippen molar-refractivity contribution in [1.29, 1.82) is 0 Å². The van der Waals surface area contributed by atoms with Gasteiger partial charge in [0.2, 0.25) is 0 Å². The maximum absolute atomic E-state index is 13.8. The molecule has 0 atom stereocenters. The van der Waals surface area contributed by atoms with Crippen molar-refractivity contribution in [3.05, 3.63) is 123 Å². The first kappa shape index (κ1) is 28.3. The minimum Gasteiger partial charge on any atom is -0.496 e. The van der Waals surface area contributed by atoms with Gasteiger partial charge in [-0.05, 0) is 78.1 Å². The molecule has 1 aromatic heterocycles. The predicted octanol–water partition coefficient (Wildman–Crippen LogP) is 6.66. The Kier molecular flexibility index (Phi) is 8.15. The van der Waals surface area contributed by atoms with Crippen molar-refractivity contribution in [2.24, 2.45) is 5.10 Å². The van der Waals surface area contributed by atoms with E-state index in [2.05, 4.69) is 18.9 Å². The molecular formula is C34H31N3O5. The standard InChI is InChI=1S/C34H31N3O5/c1-21(2)27-18-28(22(3)16-31(27)41-4)32-36-29-14-7-6-13-26(29)33(38)37(32)35-19-25-11-5-8-15-30(25)42-20-23-10-9-12-24(17-23)34(39)40/h5-19,21H,20H2,1-4H3,(H,39,40). The number of methoxy groups -OCH3 is 1. The van der Waals surface area contributed by atoms with Crippen LogP contribution in [0.1, 0.15) is 52.4 Å². The Morgan fingerprint density at radius 1 is 1.00 bits per heavy atom. The number of aromatic nitrogens is 2. The number of aryl methyl sites for hydroxylation is 1. The van der Waals surface area contributed by atoms with Crippen LogP contribution in [-0.2, 0) is 6.61 Å². The summed E-state index contributed by atoms with van der Waals surface area (Å²) in [5.41, 5.74) is 4.52. The van der Waals surface area contributed by atoms with Crippen molar-refractivity contribution in [2.75, 3.05) is 7.11 Å². The highest BCUT2D eigenvalue weighted by Crippen LogP contribution is 2.34. The van der Waals surface area contributed by atoms with Crippen LogP contribution in [0.15, 0.2) is 94.8 Å². The molecule has 1 heterocycles. The summed E-state index contributed by atoms with van der Waals surface area (Å²) in [6.45, 7) is 6.30. The number of para-hydroxylation sites is 2. The quantitative estimate of drug-likeness (QED) is 0.202. The molecule has 0 unspecified atom stereocenters. The number of rotatable bonds is 9. The van der Waals surface area contributed by atoms with Gasteiger partial charge in [0.25, 0.3) is 5.56 Å². The molecule has 5 aromatic rings. The van der Waals surface area contributed by atoms with Crippen LogP contribution in [0.3, 0.4) is 0 Å². The Labute approximate surface area is 243 Å². The fraction of sp³-hybridized carbons (Fsp3) is 0.176. The normalized spacial score (nSPS) is 11.4. The average Bonchev–Trinajstić information content (AvgIpc) is 2.99. The highest BCUT2D eigenvalue weighted by molar-refractivity contribution is 5.88. The van der Waals surface area contributed by atoms with Crippen LogP contribution >= 0.6 is 0 Å². The van der Waals surface area contributed by atoms with E-state index in [0.29, 0.717) is 28.0 Å². The van der Waals surface area contributed by atoms with Crippen molar-refractivity contribution >= 4 is 23.1 Å². The molecule has 0 fully saturated rings. The van der Waals surface area contributed by atoms with Crippen molar-refractivity contribution in [3.63, 3.8) is 0 Å². The molecule has 8 heteroatoms. The maximum Gasteiger partial charge on any atom is 0.335 e. The highest BCUT2D eigenvalue weighted by atomic mass is 16.5. The number of carboxylic acid groups (broad SMARTS) is 1. The number of benzene rings is 4. The third-order valence-electron chi connectivity index (χ3n) is 6.99. The van der Waals surface area contributed by atoms with Gasteiger partial charge in [-0.3, -0.25) is 4.79 Å². The van der Waals surface area contributed by atoms with Crippen LogP contribution in [0.2, 0.25) is 0 Å². The van der Waals surface area contributed by atoms with E-state index in [-0.39, 0.29) is 23.6 Å². The minimum atomic E-state index is -0.998. The first-order valence-corrected chi connectivity index (χ1v) is 13.6. The Balaban J connectivity index is 1.58. The molecule has 42 heavy (non-hydrogen) atoms. The number of fused-ring (bicyclic) bond motifs is 1. The Hall–Kier alpha value is -5.24. The molecule has 0 aliphatic heterocycles. The molecule has 0 amide bonds. The molecule has 0 spiro atoms. The van der Waals surface area contributed by atoms with Crippen LogP contribution in [-0.4, -0.2) is 34.1 Å². The largest absolute Gasteiger partial charge is 0.496 e. The molecule has 1 N–H and O–H groups in total. The summed E-state index contributed by atoms with van der Waals surface area (Å²) >= 11 is 0. The summed E-state index contributed by atoms with van der Waals surface area (Å²) in [6.07, 6.45) is 1.58. The van der Waals surface area contributed by atoms with Crippen molar-refractivity contribution in [3.8, 4) is 22.9 Å². The second kappa shape index (κ2) is 12.1. The van der Waals surface area contributed by atoms with Crippen molar-refractivity contribution in [2.45, 2.75) is 33.3 Å². The first-order chi connectivity index (χ1) is 20.3.